The van der Waals surface area contributed by atoms with Gasteiger partial charge in [-0.1, -0.05) is 187 Å². The summed E-state index contributed by atoms with van der Waals surface area (Å²) in [6, 6.07) is 67.4. The molecule has 0 aliphatic rings. The maximum atomic E-state index is 14.7. The number of hydrogen-bond acceptors (Lipinski definition) is 8. The molecule has 0 amide bonds. The predicted molar refractivity (Wildman–Crippen MR) is 446 cm³/mol. The number of pyridine rings is 4. The monoisotopic (exact) mass is 1560 g/mol. The summed E-state index contributed by atoms with van der Waals surface area (Å²) in [7, 11) is 0. The van der Waals surface area contributed by atoms with Gasteiger partial charge in [0.1, 0.15) is 22.6 Å². The van der Waals surface area contributed by atoms with Crippen LogP contribution in [0.1, 0.15) is 0 Å². The van der Waals surface area contributed by atoms with Crippen LogP contribution in [0.3, 0.4) is 0 Å². The molecule has 0 radical (unpaired) electrons. The quantitative estimate of drug-likeness (QED) is 0.108. The Morgan fingerprint density at radius 1 is 0.226 bits per heavy atom. The van der Waals surface area contributed by atoms with Gasteiger partial charge in [-0.05, 0) is 135 Å². The minimum absolute atomic E-state index is 0.0950. The van der Waals surface area contributed by atoms with Gasteiger partial charge in [0, 0.05) is 148 Å². The summed E-state index contributed by atoms with van der Waals surface area (Å²) in [6.45, 7) is 0. The minimum Gasteiger partial charge on any atom is -0.268 e. The maximum absolute atomic E-state index is 14.7. The Morgan fingerprint density at radius 2 is 0.472 bits per heavy atom. The Hall–Kier alpha value is -11.7. The number of halogens is 6. The first kappa shape index (κ1) is 58.6. The van der Waals surface area contributed by atoms with Crippen LogP contribution in [-0.4, -0.2) is 37.5 Å². The molecule has 0 saturated carbocycles. The molecule has 8 aromatic heterocycles. The Labute approximate surface area is 626 Å². The Morgan fingerprint density at radius 3 is 0.830 bits per heavy atom. The van der Waals surface area contributed by atoms with E-state index in [1.807, 2.05) is 146 Å². The third-order valence-corrected chi connectivity index (χ3v) is 25.4. The molecule has 492 valence electrons. The van der Waals surface area contributed by atoms with Gasteiger partial charge in [-0.25, -0.2) is 19.9 Å². The highest BCUT2D eigenvalue weighted by Gasteiger charge is 2.32. The third kappa shape index (κ3) is 6.88. The van der Waals surface area contributed by atoms with Gasteiger partial charge in [0.05, 0.1) is 60.3 Å². The molecule has 8 heterocycles. The summed E-state index contributed by atoms with van der Waals surface area (Å²) in [6.07, 6.45) is 0. The highest BCUT2D eigenvalue weighted by molar-refractivity contribution is 9.11. The Balaban J connectivity index is 0.000000123. The SMILES string of the molecule is O=c1c2cc(Cl)c3c4c(Cl)cc5c6c(cc(Cl)c(c7c(Cl)cc(c2c37)c2nc3cccc7cccc(c73)n12)c46)c(=O)n1c2cccc3cccc(nc51)c32.O=c1c2ccc3c4c(Br)cc5c(=O)n6c7cccc8cccc(nc6c6cc(Br)c(c9ccc(c2c39)c2nc3cccc9cccc(c93)n12)c4c56)c87. The molecular formula is C88H34Br2Cl4N8O4. The molecule has 0 N–H and O–H groups in total. The minimum atomic E-state index is -0.255. The summed E-state index contributed by atoms with van der Waals surface area (Å²) >= 11 is 37.4. The summed E-state index contributed by atoms with van der Waals surface area (Å²) in [5.74, 6) is 0. The molecule has 0 aliphatic carbocycles. The summed E-state index contributed by atoms with van der Waals surface area (Å²) < 4.78 is 8.57. The van der Waals surface area contributed by atoms with Crippen molar-refractivity contribution in [3.8, 4) is 0 Å². The van der Waals surface area contributed by atoms with E-state index >= 15 is 0 Å². The molecule has 0 unspecified atom stereocenters. The molecule has 26 aromatic rings. The van der Waals surface area contributed by atoms with E-state index in [0.29, 0.717) is 118 Å². The first-order valence-electron chi connectivity index (χ1n) is 34.2. The van der Waals surface area contributed by atoms with E-state index in [1.54, 1.807) is 29.7 Å². The number of hydrogen-bond donors (Lipinski definition) is 0. The maximum Gasteiger partial charge on any atom is 0.264 e. The molecule has 0 spiro atoms. The topological polar surface area (TPSA) is 137 Å². The molecule has 0 saturated heterocycles. The molecule has 26 rings (SSSR count). The summed E-state index contributed by atoms with van der Waals surface area (Å²) in [4.78, 5) is 79.3. The lowest BCUT2D eigenvalue weighted by Gasteiger charge is -2.23. The van der Waals surface area contributed by atoms with Gasteiger partial charge in [0.15, 0.2) is 0 Å². The highest BCUT2D eigenvalue weighted by atomic mass is 79.9. The molecule has 12 nitrogen and oxygen atoms in total. The lowest BCUT2D eigenvalue weighted by atomic mass is 9.85. The van der Waals surface area contributed by atoms with E-state index in [9.17, 15) is 19.2 Å². The van der Waals surface area contributed by atoms with Crippen molar-refractivity contribution in [1.29, 1.82) is 0 Å². The van der Waals surface area contributed by atoms with E-state index in [4.69, 9.17) is 66.3 Å². The van der Waals surface area contributed by atoms with Crippen molar-refractivity contribution < 1.29 is 0 Å². The van der Waals surface area contributed by atoms with Crippen molar-refractivity contribution in [1.82, 2.24) is 37.5 Å². The number of fused-ring (bicyclic) bond motifs is 16. The van der Waals surface area contributed by atoms with Crippen LogP contribution in [0.5, 0.6) is 0 Å². The van der Waals surface area contributed by atoms with Crippen molar-refractivity contribution in [3.05, 3.63) is 277 Å². The molecule has 0 aliphatic heterocycles. The van der Waals surface area contributed by atoms with Crippen LogP contribution in [0, 0.1) is 0 Å². The van der Waals surface area contributed by atoms with E-state index in [0.717, 1.165) is 150 Å². The molecule has 106 heavy (non-hydrogen) atoms. The number of rotatable bonds is 0. The molecule has 18 aromatic carbocycles. The first-order valence-corrected chi connectivity index (χ1v) is 37.3. The van der Waals surface area contributed by atoms with Gasteiger partial charge in [0.25, 0.3) is 22.2 Å². The number of aromatic nitrogens is 8. The average molecular weight is 1570 g/mol. The zero-order valence-corrected chi connectivity index (χ0v) is 60.3. The fraction of sp³-hybridized carbons (Fsp3) is 0. The Bertz CT molecular complexity index is 8730. The lowest BCUT2D eigenvalue weighted by molar-refractivity contribution is 1.15. The highest BCUT2D eigenvalue weighted by Crippen LogP contribution is 2.55. The van der Waals surface area contributed by atoms with E-state index < -0.39 is 0 Å². The molecule has 0 fully saturated rings. The van der Waals surface area contributed by atoms with Crippen LogP contribution < -0.4 is 22.2 Å². The van der Waals surface area contributed by atoms with Crippen molar-refractivity contribution in [2.24, 2.45) is 0 Å². The zero-order chi connectivity index (χ0) is 70.4. The molecule has 0 atom stereocenters. The molecule has 0 bridgehead atoms. The van der Waals surface area contributed by atoms with Crippen LogP contribution in [0.2, 0.25) is 20.1 Å². The van der Waals surface area contributed by atoms with Crippen molar-refractivity contribution >= 4 is 317 Å². The smallest absolute Gasteiger partial charge is 0.264 e. The van der Waals surface area contributed by atoms with Gasteiger partial charge in [-0.15, -0.1) is 0 Å². The van der Waals surface area contributed by atoms with E-state index in [-0.39, 0.29) is 22.2 Å². The van der Waals surface area contributed by atoms with Gasteiger partial charge in [0.2, 0.25) is 0 Å². The fourth-order valence-corrected chi connectivity index (χ4v) is 21.5. The standard InChI is InChI=1S/C44H18Br2N4O2.C44H16Cl4N4O2/c45-27-17-25-37-26(44(52)50-32-12-4-8-20-6-2-10-30(34(20)32)48-42(25)50)18-28(46)39-22-14-16-24-36-23(15-13-21(35(22)36)38(27)40(37)39)41-47-29-9-1-5-19-7-3-11-31(33(19)29)49(41)43(24)51;45-23-13-19-33-21(43(53)51-29-11-3-7-17-5-1-9-27(31(17)29)49-41(19)51)15-25(47)37-36-24(46)14-20-34-22(16-26(48)38(40(34)36)35(23)39(33)37)44(54)52-30-12-4-8-18-6-2-10-28(32(18)30)50-42(20)52/h1-18H;1-16H. The number of benzene rings is 18. The van der Waals surface area contributed by atoms with Crippen LogP contribution >= 0.6 is 78.3 Å². The first-order chi connectivity index (χ1) is 51.8. The average Bonchev–Trinajstić information content (AvgIpc) is 0.676. The largest absolute Gasteiger partial charge is 0.268 e. The fourth-order valence-electron chi connectivity index (χ4n) is 19.0. The van der Waals surface area contributed by atoms with Gasteiger partial charge < -0.3 is 0 Å². The van der Waals surface area contributed by atoms with E-state index in [2.05, 4.69) is 80.4 Å². The van der Waals surface area contributed by atoms with Gasteiger partial charge in [-0.2, -0.15) is 0 Å². The van der Waals surface area contributed by atoms with E-state index in [1.165, 1.54) is 0 Å². The molecular weight excluding hydrogens is 1530 g/mol. The summed E-state index contributed by atoms with van der Waals surface area (Å²) in [5, 5.41) is 27.3. The van der Waals surface area contributed by atoms with Crippen LogP contribution in [-0.2, 0) is 0 Å². The second kappa shape index (κ2) is 19.8. The van der Waals surface area contributed by atoms with Gasteiger partial charge in [-0.3, -0.25) is 36.8 Å². The van der Waals surface area contributed by atoms with Gasteiger partial charge >= 0.3 is 0 Å². The predicted octanol–water partition coefficient (Wildman–Crippen LogP) is 23.2. The van der Waals surface area contributed by atoms with Crippen LogP contribution in [0.4, 0.5) is 0 Å². The molecule has 18 heteroatoms. The Kier molecular flexibility index (Phi) is 11.0. The normalized spacial score (nSPS) is 13.0. The summed E-state index contributed by atoms with van der Waals surface area (Å²) in [5.41, 5.74) is 7.89. The van der Waals surface area contributed by atoms with Crippen LogP contribution in [0.25, 0.3) is 239 Å². The van der Waals surface area contributed by atoms with Crippen molar-refractivity contribution in [2.45, 2.75) is 0 Å². The van der Waals surface area contributed by atoms with Crippen LogP contribution in [0.15, 0.2) is 234 Å². The third-order valence-electron chi connectivity index (χ3n) is 23.0. The lowest BCUT2D eigenvalue weighted by Crippen LogP contribution is -2.17. The second-order valence-electron chi connectivity index (χ2n) is 27.9. The zero-order valence-electron chi connectivity index (χ0n) is 54.1. The second-order valence-corrected chi connectivity index (χ2v) is 31.3. The van der Waals surface area contributed by atoms with Crippen molar-refractivity contribution in [3.63, 3.8) is 0 Å². The number of nitrogens with zero attached hydrogens (tertiary/aromatic N) is 8. The van der Waals surface area contributed by atoms with Crippen molar-refractivity contribution in [2.75, 3.05) is 0 Å².